The molecule has 0 bridgehead atoms. The second kappa shape index (κ2) is 4.88. The lowest BCUT2D eigenvalue weighted by Gasteiger charge is -2.17. The molecule has 0 aromatic heterocycles. The lowest BCUT2D eigenvalue weighted by atomic mass is 9.95. The van der Waals surface area contributed by atoms with Crippen molar-refractivity contribution >= 4 is 0 Å². The molecule has 16 heavy (non-hydrogen) atoms. The second-order valence-corrected chi connectivity index (χ2v) is 4.69. The highest BCUT2D eigenvalue weighted by Crippen LogP contribution is 2.48. The van der Waals surface area contributed by atoms with Crippen molar-refractivity contribution in [3.63, 3.8) is 0 Å². The maximum atomic E-state index is 5.28. The lowest BCUT2D eigenvalue weighted by molar-refractivity contribution is 0.413. The van der Waals surface area contributed by atoms with Gasteiger partial charge in [-0.1, -0.05) is 19.1 Å². The van der Waals surface area contributed by atoms with Crippen molar-refractivity contribution in [1.29, 1.82) is 0 Å². The summed E-state index contributed by atoms with van der Waals surface area (Å²) in [5.41, 5.74) is 1.82. The van der Waals surface area contributed by atoms with Crippen LogP contribution in [0, 0.1) is 0 Å². The van der Waals surface area contributed by atoms with Crippen LogP contribution < -0.4 is 10.1 Å². The number of rotatable bonds is 6. The molecule has 1 aliphatic carbocycles. The summed E-state index contributed by atoms with van der Waals surface area (Å²) < 4.78 is 5.28. The van der Waals surface area contributed by atoms with Gasteiger partial charge in [0.1, 0.15) is 5.75 Å². The van der Waals surface area contributed by atoms with Crippen LogP contribution in [0.4, 0.5) is 0 Å². The molecule has 88 valence electrons. The van der Waals surface area contributed by atoms with Crippen LogP contribution in [0.15, 0.2) is 24.3 Å². The van der Waals surface area contributed by atoms with Gasteiger partial charge in [-0.25, -0.2) is 0 Å². The van der Waals surface area contributed by atoms with Crippen LogP contribution in [0.2, 0.25) is 0 Å². The summed E-state index contributed by atoms with van der Waals surface area (Å²) >= 11 is 0. The van der Waals surface area contributed by atoms with Gasteiger partial charge in [0.05, 0.1) is 7.11 Å². The average molecular weight is 219 g/mol. The number of hydrogen-bond acceptors (Lipinski definition) is 2. The molecule has 1 aromatic rings. The number of methoxy groups -OCH3 is 1. The van der Waals surface area contributed by atoms with E-state index in [1.165, 1.54) is 24.8 Å². The predicted octanol–water partition coefficient (Wildman–Crippen LogP) is 2.73. The molecule has 0 atom stereocenters. The van der Waals surface area contributed by atoms with Gasteiger partial charge in [-0.2, -0.15) is 0 Å². The molecule has 2 nitrogen and oxygen atoms in total. The molecule has 2 heteroatoms. The van der Waals surface area contributed by atoms with Gasteiger partial charge in [0, 0.05) is 12.0 Å². The first kappa shape index (κ1) is 11.5. The topological polar surface area (TPSA) is 21.3 Å². The zero-order chi connectivity index (χ0) is 11.4. The Balaban J connectivity index is 2.04. The molecule has 2 rings (SSSR count). The lowest BCUT2D eigenvalue weighted by Crippen LogP contribution is -2.27. The first-order valence-electron chi connectivity index (χ1n) is 6.16. The fourth-order valence-corrected chi connectivity index (χ4v) is 2.18. The number of benzene rings is 1. The second-order valence-electron chi connectivity index (χ2n) is 4.69. The molecule has 1 aliphatic rings. The van der Waals surface area contributed by atoms with Crippen molar-refractivity contribution < 1.29 is 4.74 Å². The molecule has 0 unspecified atom stereocenters. The van der Waals surface area contributed by atoms with Gasteiger partial charge < -0.3 is 10.1 Å². The van der Waals surface area contributed by atoms with Gasteiger partial charge in [-0.05, 0) is 43.5 Å². The van der Waals surface area contributed by atoms with E-state index in [1.54, 1.807) is 7.11 Å². The Morgan fingerprint density at radius 2 is 2.19 bits per heavy atom. The van der Waals surface area contributed by atoms with Crippen LogP contribution >= 0.6 is 0 Å². The van der Waals surface area contributed by atoms with Gasteiger partial charge in [0.25, 0.3) is 0 Å². The highest BCUT2D eigenvalue weighted by Gasteiger charge is 2.43. The Morgan fingerprint density at radius 3 is 2.81 bits per heavy atom. The van der Waals surface area contributed by atoms with Gasteiger partial charge in [-0.3, -0.25) is 0 Å². The van der Waals surface area contributed by atoms with Gasteiger partial charge in [0.15, 0.2) is 0 Å². The van der Waals surface area contributed by atoms with E-state index in [0.717, 1.165) is 18.8 Å². The maximum Gasteiger partial charge on any atom is 0.119 e. The van der Waals surface area contributed by atoms with Crippen LogP contribution in [0.5, 0.6) is 5.75 Å². The SMILES string of the molecule is CCCNCC1(c2cccc(OC)c2)CC1. The zero-order valence-electron chi connectivity index (χ0n) is 10.3. The number of ether oxygens (including phenoxy) is 1. The fourth-order valence-electron chi connectivity index (χ4n) is 2.18. The fraction of sp³-hybridized carbons (Fsp3) is 0.571. The largest absolute Gasteiger partial charge is 0.497 e. The van der Waals surface area contributed by atoms with Crippen molar-refractivity contribution in [3.8, 4) is 5.75 Å². The van der Waals surface area contributed by atoms with Crippen LogP contribution in [-0.2, 0) is 5.41 Å². The maximum absolute atomic E-state index is 5.28. The van der Waals surface area contributed by atoms with E-state index in [4.69, 9.17) is 4.74 Å². The van der Waals surface area contributed by atoms with E-state index in [0.29, 0.717) is 5.41 Å². The highest BCUT2D eigenvalue weighted by molar-refractivity contribution is 5.37. The summed E-state index contributed by atoms with van der Waals surface area (Å²) in [4.78, 5) is 0. The smallest absolute Gasteiger partial charge is 0.119 e. The van der Waals surface area contributed by atoms with Gasteiger partial charge in [-0.15, -0.1) is 0 Å². The third kappa shape index (κ3) is 2.38. The van der Waals surface area contributed by atoms with Crippen LogP contribution in [0.1, 0.15) is 31.7 Å². The molecule has 1 N–H and O–H groups in total. The molecule has 1 aromatic carbocycles. The molecule has 0 aliphatic heterocycles. The Kier molecular flexibility index (Phi) is 3.49. The predicted molar refractivity (Wildman–Crippen MR) is 67.1 cm³/mol. The van der Waals surface area contributed by atoms with E-state index >= 15 is 0 Å². The summed E-state index contributed by atoms with van der Waals surface area (Å²) in [7, 11) is 1.73. The molecule has 1 fully saturated rings. The highest BCUT2D eigenvalue weighted by atomic mass is 16.5. The zero-order valence-corrected chi connectivity index (χ0v) is 10.3. The molecule has 0 amide bonds. The van der Waals surface area contributed by atoms with Crippen molar-refractivity contribution in [3.05, 3.63) is 29.8 Å². The Labute approximate surface area is 98.0 Å². The van der Waals surface area contributed by atoms with Crippen molar-refractivity contribution in [2.45, 2.75) is 31.6 Å². The third-order valence-corrected chi connectivity index (χ3v) is 3.43. The van der Waals surface area contributed by atoms with Crippen molar-refractivity contribution in [2.24, 2.45) is 0 Å². The standard InChI is InChI=1S/C14H21NO/c1-3-9-15-11-14(7-8-14)12-5-4-6-13(10-12)16-2/h4-6,10,15H,3,7-9,11H2,1-2H3. The van der Waals surface area contributed by atoms with E-state index in [-0.39, 0.29) is 0 Å². The van der Waals surface area contributed by atoms with E-state index in [1.807, 2.05) is 6.07 Å². The summed E-state index contributed by atoms with van der Waals surface area (Å²) in [5.74, 6) is 0.972. The summed E-state index contributed by atoms with van der Waals surface area (Å²) in [6.45, 7) is 4.43. The monoisotopic (exact) mass is 219 g/mol. The minimum absolute atomic E-state index is 0.393. The first-order valence-corrected chi connectivity index (χ1v) is 6.16. The van der Waals surface area contributed by atoms with Crippen molar-refractivity contribution in [2.75, 3.05) is 20.2 Å². The van der Waals surface area contributed by atoms with Gasteiger partial charge >= 0.3 is 0 Å². The minimum Gasteiger partial charge on any atom is -0.497 e. The van der Waals surface area contributed by atoms with E-state index in [9.17, 15) is 0 Å². The Bertz CT molecular complexity index is 344. The van der Waals surface area contributed by atoms with Crippen LogP contribution in [0.25, 0.3) is 0 Å². The summed E-state index contributed by atoms with van der Waals surface area (Å²) in [5, 5.41) is 3.53. The minimum atomic E-state index is 0.393. The molecule has 0 spiro atoms. The molecular weight excluding hydrogens is 198 g/mol. The Morgan fingerprint density at radius 1 is 1.38 bits per heavy atom. The van der Waals surface area contributed by atoms with Gasteiger partial charge in [0.2, 0.25) is 0 Å². The van der Waals surface area contributed by atoms with E-state index in [2.05, 4.69) is 30.4 Å². The first-order chi connectivity index (χ1) is 7.80. The molecule has 0 heterocycles. The van der Waals surface area contributed by atoms with Crippen LogP contribution in [-0.4, -0.2) is 20.2 Å². The number of hydrogen-bond donors (Lipinski definition) is 1. The number of nitrogens with one attached hydrogen (secondary N) is 1. The quantitative estimate of drug-likeness (QED) is 0.743. The molecule has 0 saturated heterocycles. The molecule has 1 saturated carbocycles. The Hall–Kier alpha value is -1.02. The summed E-state index contributed by atoms with van der Waals surface area (Å²) in [6, 6.07) is 8.51. The normalized spacial score (nSPS) is 17.1. The summed E-state index contributed by atoms with van der Waals surface area (Å²) in [6.07, 6.45) is 3.81. The van der Waals surface area contributed by atoms with Crippen molar-refractivity contribution in [1.82, 2.24) is 5.32 Å². The molecule has 0 radical (unpaired) electrons. The molecular formula is C14H21NO. The third-order valence-electron chi connectivity index (χ3n) is 3.43. The average Bonchev–Trinajstić information content (AvgIpc) is 3.11. The van der Waals surface area contributed by atoms with Crippen LogP contribution in [0.3, 0.4) is 0 Å². The van der Waals surface area contributed by atoms with E-state index < -0.39 is 0 Å².